The predicted octanol–water partition coefficient (Wildman–Crippen LogP) is 6.50. The van der Waals surface area contributed by atoms with Crippen molar-refractivity contribution in [3.8, 4) is 0 Å². The third-order valence-corrected chi connectivity index (χ3v) is 12.4. The molecular weight excluding hydrogens is 408 g/mol. The molecule has 0 bridgehead atoms. The van der Waals surface area contributed by atoms with Crippen LogP contribution in [0.15, 0.2) is 11.6 Å². The highest BCUT2D eigenvalue weighted by molar-refractivity contribution is 5.20. The second-order valence-corrected chi connectivity index (χ2v) is 14.5. The monoisotopic (exact) mass is 460 g/mol. The molecule has 0 heterocycles. The lowest BCUT2D eigenvalue weighted by atomic mass is 9.35. The lowest BCUT2D eigenvalue weighted by molar-refractivity contribution is -0.246. The molecule has 33 heavy (non-hydrogen) atoms. The minimum Gasteiger partial charge on any atom is -0.393 e. The Hall–Kier alpha value is -0.380. The average molecular weight is 461 g/mol. The van der Waals surface area contributed by atoms with E-state index in [2.05, 4.69) is 54.5 Å². The lowest BCUT2D eigenvalue weighted by Gasteiger charge is -2.70. The Morgan fingerprint density at radius 2 is 1.55 bits per heavy atom. The van der Waals surface area contributed by atoms with Crippen molar-refractivity contribution in [2.45, 2.75) is 131 Å². The molecular formula is C30H52O3. The van der Waals surface area contributed by atoms with Crippen LogP contribution in [0.1, 0.15) is 113 Å². The molecule has 4 rings (SSSR count). The maximum Gasteiger partial charge on any atom is 0.0654 e. The van der Waals surface area contributed by atoms with Crippen molar-refractivity contribution in [3.63, 3.8) is 0 Å². The van der Waals surface area contributed by atoms with Crippen molar-refractivity contribution in [2.75, 3.05) is 0 Å². The van der Waals surface area contributed by atoms with E-state index in [4.69, 9.17) is 0 Å². The molecule has 0 unspecified atom stereocenters. The van der Waals surface area contributed by atoms with Gasteiger partial charge in [0.2, 0.25) is 0 Å². The second-order valence-electron chi connectivity index (χ2n) is 14.5. The Kier molecular flexibility index (Phi) is 6.28. The molecule has 0 spiro atoms. The zero-order valence-corrected chi connectivity index (χ0v) is 22.7. The van der Waals surface area contributed by atoms with Gasteiger partial charge in [-0.1, -0.05) is 46.3 Å². The summed E-state index contributed by atoms with van der Waals surface area (Å²) < 4.78 is 0. The van der Waals surface area contributed by atoms with E-state index in [1.54, 1.807) is 0 Å². The fourth-order valence-corrected chi connectivity index (χ4v) is 10.3. The van der Waals surface area contributed by atoms with Crippen LogP contribution in [0.4, 0.5) is 0 Å². The molecule has 0 aromatic carbocycles. The first-order valence-electron chi connectivity index (χ1n) is 13.8. The van der Waals surface area contributed by atoms with Gasteiger partial charge >= 0.3 is 0 Å². The number of allylic oxidation sites excluding steroid dienone is 2. The Morgan fingerprint density at radius 3 is 2.18 bits per heavy atom. The highest BCUT2D eigenvalue weighted by Crippen LogP contribution is 2.75. The quantitative estimate of drug-likeness (QED) is 0.420. The summed E-state index contributed by atoms with van der Waals surface area (Å²) in [4.78, 5) is 0. The first-order chi connectivity index (χ1) is 15.1. The van der Waals surface area contributed by atoms with Crippen LogP contribution in [-0.4, -0.2) is 33.1 Å². The molecule has 3 nitrogen and oxygen atoms in total. The highest BCUT2D eigenvalue weighted by Gasteiger charge is 2.71. The summed E-state index contributed by atoms with van der Waals surface area (Å²) in [6, 6.07) is 0. The number of hydrogen-bond acceptors (Lipinski definition) is 3. The van der Waals surface area contributed by atoms with Crippen molar-refractivity contribution in [1.82, 2.24) is 0 Å². The van der Waals surface area contributed by atoms with Gasteiger partial charge in [-0.05, 0) is 124 Å². The van der Waals surface area contributed by atoms with Gasteiger partial charge in [0.15, 0.2) is 0 Å². The molecule has 4 aliphatic carbocycles. The predicted molar refractivity (Wildman–Crippen MR) is 136 cm³/mol. The molecule has 4 aliphatic rings. The number of aliphatic hydroxyl groups is 3. The maximum atomic E-state index is 11.8. The lowest BCUT2D eigenvalue weighted by Crippen LogP contribution is -2.66. The molecule has 0 saturated heterocycles. The smallest absolute Gasteiger partial charge is 0.0654 e. The number of rotatable bonds is 4. The van der Waals surface area contributed by atoms with Gasteiger partial charge in [0.25, 0.3) is 0 Å². The number of aliphatic hydroxyl groups excluding tert-OH is 2. The molecule has 3 heteroatoms. The maximum absolute atomic E-state index is 11.8. The standard InChI is InChI=1S/C30H52O3/c1-19(2)10-9-14-30(8,33)20-11-16-29(7)25(20)21(31)18-23-27(5)15-13-24(32)26(3,4)22(27)12-17-28(23,29)6/h10,20-25,31-33H,9,11-18H2,1-8H3/t20-,21-,22-,23-,24+,25+,27-,28-,29-,30+/m1/s1. The van der Waals surface area contributed by atoms with Crippen LogP contribution in [0, 0.1) is 45.3 Å². The van der Waals surface area contributed by atoms with Gasteiger partial charge in [0.05, 0.1) is 17.8 Å². The molecule has 10 atom stereocenters. The summed E-state index contributed by atoms with van der Waals surface area (Å²) in [6.07, 6.45) is 10.6. The van der Waals surface area contributed by atoms with Gasteiger partial charge in [-0.25, -0.2) is 0 Å². The van der Waals surface area contributed by atoms with Crippen molar-refractivity contribution in [1.29, 1.82) is 0 Å². The molecule has 190 valence electrons. The van der Waals surface area contributed by atoms with Crippen LogP contribution in [0.5, 0.6) is 0 Å². The van der Waals surface area contributed by atoms with Crippen LogP contribution in [-0.2, 0) is 0 Å². The van der Waals surface area contributed by atoms with Gasteiger partial charge in [-0.3, -0.25) is 0 Å². The number of hydrogen-bond donors (Lipinski definition) is 3. The van der Waals surface area contributed by atoms with Gasteiger partial charge < -0.3 is 15.3 Å². The Balaban J connectivity index is 1.66. The van der Waals surface area contributed by atoms with E-state index in [-0.39, 0.29) is 45.7 Å². The van der Waals surface area contributed by atoms with E-state index < -0.39 is 5.60 Å². The van der Waals surface area contributed by atoms with Crippen molar-refractivity contribution >= 4 is 0 Å². The first kappa shape index (κ1) is 25.7. The fourth-order valence-electron chi connectivity index (χ4n) is 10.3. The third-order valence-electron chi connectivity index (χ3n) is 12.4. The summed E-state index contributed by atoms with van der Waals surface area (Å²) >= 11 is 0. The van der Waals surface area contributed by atoms with Gasteiger partial charge in [-0.15, -0.1) is 0 Å². The average Bonchev–Trinajstić information content (AvgIpc) is 3.08. The topological polar surface area (TPSA) is 60.7 Å². The molecule has 3 N–H and O–H groups in total. The van der Waals surface area contributed by atoms with Crippen LogP contribution < -0.4 is 0 Å². The number of fused-ring (bicyclic) bond motifs is 5. The summed E-state index contributed by atoms with van der Waals surface area (Å²) in [5, 5.41) is 34.3. The second kappa shape index (κ2) is 8.07. The van der Waals surface area contributed by atoms with E-state index >= 15 is 0 Å². The zero-order valence-electron chi connectivity index (χ0n) is 22.7. The van der Waals surface area contributed by atoms with E-state index in [0.29, 0.717) is 11.8 Å². The highest BCUT2D eigenvalue weighted by atomic mass is 16.3. The van der Waals surface area contributed by atoms with E-state index in [0.717, 1.165) is 44.9 Å². The third kappa shape index (κ3) is 3.61. The summed E-state index contributed by atoms with van der Waals surface area (Å²) in [6.45, 7) is 18.3. The van der Waals surface area contributed by atoms with Crippen LogP contribution in [0.2, 0.25) is 0 Å². The summed E-state index contributed by atoms with van der Waals surface area (Å²) in [5.74, 6) is 1.31. The molecule has 0 radical (unpaired) electrons. The largest absolute Gasteiger partial charge is 0.393 e. The van der Waals surface area contributed by atoms with Gasteiger partial charge in [-0.2, -0.15) is 0 Å². The summed E-state index contributed by atoms with van der Waals surface area (Å²) in [5.41, 5.74) is 0.885. The van der Waals surface area contributed by atoms with Crippen molar-refractivity contribution < 1.29 is 15.3 Å². The first-order valence-corrected chi connectivity index (χ1v) is 13.8. The van der Waals surface area contributed by atoms with Crippen molar-refractivity contribution in [2.24, 2.45) is 45.3 Å². The van der Waals surface area contributed by atoms with E-state index in [9.17, 15) is 15.3 Å². The molecule has 0 aromatic heterocycles. The van der Waals surface area contributed by atoms with Crippen molar-refractivity contribution in [3.05, 3.63) is 11.6 Å². The molecule has 4 saturated carbocycles. The van der Waals surface area contributed by atoms with Crippen LogP contribution in [0.3, 0.4) is 0 Å². The Morgan fingerprint density at radius 1 is 0.909 bits per heavy atom. The normalized spacial score (nSPS) is 50.5. The molecule has 0 amide bonds. The van der Waals surface area contributed by atoms with Gasteiger partial charge in [0.1, 0.15) is 0 Å². The van der Waals surface area contributed by atoms with Crippen LogP contribution >= 0.6 is 0 Å². The minimum absolute atomic E-state index is 0.0503. The molecule has 0 aliphatic heterocycles. The zero-order chi connectivity index (χ0) is 24.6. The van der Waals surface area contributed by atoms with Crippen LogP contribution in [0.25, 0.3) is 0 Å². The molecule has 0 aromatic rings. The molecule has 4 fully saturated rings. The Bertz CT molecular complexity index is 779. The SMILES string of the molecule is CC(C)=CCC[C@](C)(O)[C@@H]1CC[C@]2(C)[C@@H]1[C@H](O)C[C@@H]1[C@]3(C)CC[C@H](O)C(C)(C)[C@H]3CC[C@]12C. The fraction of sp³-hybridized carbons (Fsp3) is 0.933. The van der Waals surface area contributed by atoms with E-state index in [1.165, 1.54) is 18.4 Å². The van der Waals surface area contributed by atoms with Gasteiger partial charge in [0, 0.05) is 0 Å². The Labute approximate surface area is 203 Å². The minimum atomic E-state index is -0.739. The summed E-state index contributed by atoms with van der Waals surface area (Å²) in [7, 11) is 0. The van der Waals surface area contributed by atoms with E-state index in [1.807, 2.05) is 6.92 Å².